The van der Waals surface area contributed by atoms with Crippen molar-refractivity contribution in [2.24, 2.45) is 0 Å². The van der Waals surface area contributed by atoms with Crippen molar-refractivity contribution in [3.05, 3.63) is 88.4 Å². The van der Waals surface area contributed by atoms with Crippen molar-refractivity contribution >= 4 is 29.3 Å². The van der Waals surface area contributed by atoms with E-state index in [0.717, 1.165) is 27.5 Å². The molecule has 4 nitrogen and oxygen atoms in total. The first kappa shape index (κ1) is 22.1. The molecule has 3 rings (SSSR count). The Morgan fingerprint density at radius 3 is 2.50 bits per heavy atom. The van der Waals surface area contributed by atoms with Gasteiger partial charge >= 0.3 is 0 Å². The molecule has 0 bridgehead atoms. The molecule has 0 aliphatic heterocycles. The van der Waals surface area contributed by atoms with E-state index in [9.17, 15) is 4.79 Å². The number of hydrogen-bond acceptors (Lipinski definition) is 4. The lowest BCUT2D eigenvalue weighted by Gasteiger charge is -2.13. The number of ether oxygens (including phenoxy) is 2. The molecule has 0 heterocycles. The van der Waals surface area contributed by atoms with E-state index in [4.69, 9.17) is 21.1 Å². The highest BCUT2D eigenvalue weighted by Gasteiger charge is 2.12. The van der Waals surface area contributed by atoms with Crippen LogP contribution in [-0.2, 0) is 12.3 Å². The first-order chi connectivity index (χ1) is 14.6. The number of amides is 1. The van der Waals surface area contributed by atoms with Gasteiger partial charge in [0.1, 0.15) is 11.5 Å². The van der Waals surface area contributed by atoms with Gasteiger partial charge in [0.05, 0.1) is 13.7 Å². The molecule has 0 aliphatic rings. The van der Waals surface area contributed by atoms with Crippen LogP contribution in [0.25, 0.3) is 0 Å². The molecule has 0 radical (unpaired) electrons. The summed E-state index contributed by atoms with van der Waals surface area (Å²) in [5, 5.41) is 3.68. The highest BCUT2D eigenvalue weighted by Crippen LogP contribution is 2.30. The number of hydrogen-bond donors (Lipinski definition) is 1. The summed E-state index contributed by atoms with van der Waals surface area (Å²) in [6.45, 7) is 2.91. The van der Waals surface area contributed by atoms with Gasteiger partial charge in [0.2, 0.25) is 0 Å². The molecule has 156 valence electrons. The van der Waals surface area contributed by atoms with E-state index in [-0.39, 0.29) is 5.91 Å². The minimum absolute atomic E-state index is 0.137. The van der Waals surface area contributed by atoms with Crippen LogP contribution in [0.1, 0.15) is 28.4 Å². The van der Waals surface area contributed by atoms with Crippen molar-refractivity contribution in [2.45, 2.75) is 24.1 Å². The highest BCUT2D eigenvalue weighted by atomic mass is 35.5. The number of thioether (sulfide) groups is 1. The quantitative estimate of drug-likeness (QED) is 0.415. The Morgan fingerprint density at radius 1 is 1.00 bits per heavy atom. The normalized spacial score (nSPS) is 10.5. The molecule has 0 saturated carbocycles. The number of para-hydroxylation sites is 1. The summed E-state index contributed by atoms with van der Waals surface area (Å²) in [6, 6.07) is 20.9. The standard InChI is InChI=1S/C24H24ClNO3S/c1-3-29-23-13-8-17(14-19(23)16-30-21-11-9-20(25)10-12-21)24(27)26-15-18-6-4-5-7-22(18)28-2/h4-14H,3,15-16H2,1-2H3,(H,26,27). The summed E-state index contributed by atoms with van der Waals surface area (Å²) in [5.74, 6) is 2.09. The van der Waals surface area contributed by atoms with Crippen LogP contribution in [0, 0.1) is 0 Å². The number of rotatable bonds is 9. The van der Waals surface area contributed by atoms with E-state index in [0.29, 0.717) is 29.5 Å². The molecular weight excluding hydrogens is 418 g/mol. The van der Waals surface area contributed by atoms with E-state index >= 15 is 0 Å². The minimum atomic E-state index is -0.137. The second-order valence-electron chi connectivity index (χ2n) is 6.49. The average Bonchev–Trinajstić information content (AvgIpc) is 2.78. The molecular formula is C24H24ClNO3S. The Kier molecular flexibility index (Phi) is 8.05. The lowest BCUT2D eigenvalue weighted by atomic mass is 10.1. The first-order valence-electron chi connectivity index (χ1n) is 9.65. The van der Waals surface area contributed by atoms with Crippen LogP contribution < -0.4 is 14.8 Å². The zero-order valence-corrected chi connectivity index (χ0v) is 18.6. The SMILES string of the molecule is CCOc1ccc(C(=O)NCc2ccccc2OC)cc1CSc1ccc(Cl)cc1. The lowest BCUT2D eigenvalue weighted by molar-refractivity contribution is 0.0950. The van der Waals surface area contributed by atoms with Gasteiger partial charge in [0.25, 0.3) is 5.91 Å². The predicted molar refractivity (Wildman–Crippen MR) is 123 cm³/mol. The third-order valence-electron chi connectivity index (χ3n) is 4.46. The molecule has 6 heteroatoms. The molecule has 0 aliphatic carbocycles. The van der Waals surface area contributed by atoms with Crippen molar-refractivity contribution in [3.63, 3.8) is 0 Å². The first-order valence-corrected chi connectivity index (χ1v) is 11.0. The Labute approximate surface area is 186 Å². The molecule has 0 saturated heterocycles. The maximum Gasteiger partial charge on any atom is 0.251 e. The number of halogens is 1. The fourth-order valence-electron chi connectivity index (χ4n) is 2.95. The fourth-order valence-corrected chi connectivity index (χ4v) is 3.95. The van der Waals surface area contributed by atoms with Gasteiger partial charge in [-0.25, -0.2) is 0 Å². The molecule has 3 aromatic carbocycles. The smallest absolute Gasteiger partial charge is 0.251 e. The van der Waals surface area contributed by atoms with Gasteiger partial charge in [-0.15, -0.1) is 11.8 Å². The predicted octanol–water partition coefficient (Wildman–Crippen LogP) is 5.97. The van der Waals surface area contributed by atoms with E-state index in [2.05, 4.69) is 5.32 Å². The molecule has 0 fully saturated rings. The number of carbonyl (C=O) groups is 1. The van der Waals surface area contributed by atoms with E-state index < -0.39 is 0 Å². The Hall–Kier alpha value is -2.63. The van der Waals surface area contributed by atoms with Crippen LogP contribution in [0.2, 0.25) is 5.02 Å². The third-order valence-corrected chi connectivity index (χ3v) is 5.78. The van der Waals surface area contributed by atoms with E-state index in [1.807, 2.05) is 67.6 Å². The van der Waals surface area contributed by atoms with Crippen LogP contribution in [0.5, 0.6) is 11.5 Å². The number of methoxy groups -OCH3 is 1. The maximum absolute atomic E-state index is 12.7. The van der Waals surface area contributed by atoms with Crippen molar-refractivity contribution in [1.82, 2.24) is 5.32 Å². The molecule has 1 N–H and O–H groups in total. The zero-order chi connectivity index (χ0) is 21.3. The zero-order valence-electron chi connectivity index (χ0n) is 17.0. The van der Waals surface area contributed by atoms with E-state index in [1.54, 1.807) is 24.9 Å². The Bertz CT molecular complexity index is 992. The van der Waals surface area contributed by atoms with Gasteiger partial charge in [0, 0.05) is 38.9 Å². The van der Waals surface area contributed by atoms with Gasteiger partial charge < -0.3 is 14.8 Å². The van der Waals surface area contributed by atoms with Crippen molar-refractivity contribution in [1.29, 1.82) is 0 Å². The summed E-state index contributed by atoms with van der Waals surface area (Å²) < 4.78 is 11.1. The number of carbonyl (C=O) groups excluding carboxylic acids is 1. The summed E-state index contributed by atoms with van der Waals surface area (Å²) in [5.41, 5.74) is 2.50. The van der Waals surface area contributed by atoms with Crippen LogP contribution in [0.4, 0.5) is 0 Å². The summed E-state index contributed by atoms with van der Waals surface area (Å²) in [7, 11) is 1.62. The number of benzene rings is 3. The van der Waals surface area contributed by atoms with Crippen molar-refractivity contribution in [3.8, 4) is 11.5 Å². The van der Waals surface area contributed by atoms with Crippen LogP contribution in [0.3, 0.4) is 0 Å². The van der Waals surface area contributed by atoms with Crippen LogP contribution in [-0.4, -0.2) is 19.6 Å². The van der Waals surface area contributed by atoms with Gasteiger partial charge in [-0.1, -0.05) is 29.8 Å². The summed E-state index contributed by atoms with van der Waals surface area (Å²) >= 11 is 7.63. The average molecular weight is 442 g/mol. The van der Waals surface area contributed by atoms with Crippen molar-refractivity contribution < 1.29 is 14.3 Å². The monoisotopic (exact) mass is 441 g/mol. The molecule has 0 unspecified atom stereocenters. The Morgan fingerprint density at radius 2 is 1.77 bits per heavy atom. The second-order valence-corrected chi connectivity index (χ2v) is 7.98. The maximum atomic E-state index is 12.7. The fraction of sp³-hybridized carbons (Fsp3) is 0.208. The molecule has 0 aromatic heterocycles. The summed E-state index contributed by atoms with van der Waals surface area (Å²) in [4.78, 5) is 13.8. The van der Waals surface area contributed by atoms with Gasteiger partial charge in [-0.05, 0) is 55.5 Å². The molecule has 30 heavy (non-hydrogen) atoms. The van der Waals surface area contributed by atoms with Gasteiger partial charge in [0.15, 0.2) is 0 Å². The molecule has 3 aromatic rings. The van der Waals surface area contributed by atoms with Crippen molar-refractivity contribution in [2.75, 3.05) is 13.7 Å². The van der Waals surface area contributed by atoms with Crippen LogP contribution in [0.15, 0.2) is 71.6 Å². The lowest BCUT2D eigenvalue weighted by Crippen LogP contribution is -2.23. The Balaban J connectivity index is 1.71. The minimum Gasteiger partial charge on any atom is -0.496 e. The molecule has 0 spiro atoms. The molecule has 1 amide bonds. The topological polar surface area (TPSA) is 47.6 Å². The second kappa shape index (κ2) is 11.0. The van der Waals surface area contributed by atoms with Crippen LogP contribution >= 0.6 is 23.4 Å². The molecule has 0 atom stereocenters. The largest absolute Gasteiger partial charge is 0.496 e. The third kappa shape index (κ3) is 5.94. The summed E-state index contributed by atoms with van der Waals surface area (Å²) in [6.07, 6.45) is 0. The highest BCUT2D eigenvalue weighted by molar-refractivity contribution is 7.98. The van der Waals surface area contributed by atoms with Gasteiger partial charge in [-0.3, -0.25) is 4.79 Å². The number of nitrogens with one attached hydrogen (secondary N) is 1. The van der Waals surface area contributed by atoms with E-state index in [1.165, 1.54) is 0 Å². The van der Waals surface area contributed by atoms with Gasteiger partial charge in [-0.2, -0.15) is 0 Å².